The van der Waals surface area contributed by atoms with Gasteiger partial charge >= 0.3 is 0 Å². The molecule has 14 heavy (non-hydrogen) atoms. The van der Waals surface area contributed by atoms with Gasteiger partial charge in [0, 0.05) is 18.0 Å². The molecule has 0 saturated heterocycles. The minimum Gasteiger partial charge on any atom is -0.469 e. The van der Waals surface area contributed by atoms with Crippen molar-refractivity contribution in [2.45, 2.75) is 33.2 Å². The number of nitrogens with zero attached hydrogens (tertiary/aromatic N) is 1. The molecule has 0 aliphatic heterocycles. The molecule has 0 radical (unpaired) electrons. The predicted molar refractivity (Wildman–Crippen MR) is 60.1 cm³/mol. The van der Waals surface area contributed by atoms with Crippen molar-refractivity contribution in [3.63, 3.8) is 0 Å². The van der Waals surface area contributed by atoms with Crippen LogP contribution in [-0.2, 0) is 6.42 Å². The quantitative estimate of drug-likeness (QED) is 0.736. The molecular weight excluding hydrogens is 196 g/mol. The number of nitrogens with one attached hydrogen (secondary N) is 1. The molecule has 1 aromatic rings. The summed E-state index contributed by atoms with van der Waals surface area (Å²) >= 11 is 1.57. The van der Waals surface area contributed by atoms with Crippen LogP contribution < -0.4 is 10.1 Å². The zero-order valence-corrected chi connectivity index (χ0v) is 9.86. The van der Waals surface area contributed by atoms with Crippen molar-refractivity contribution in [2.75, 3.05) is 13.2 Å². The lowest BCUT2D eigenvalue weighted by Gasteiger charge is -2.07. The highest BCUT2D eigenvalue weighted by Gasteiger charge is 2.00. The minimum atomic E-state index is 0.515. The average molecular weight is 214 g/mol. The van der Waals surface area contributed by atoms with Gasteiger partial charge < -0.3 is 10.1 Å². The molecule has 0 amide bonds. The second kappa shape index (κ2) is 5.98. The Bertz CT molecular complexity index is 260. The van der Waals surface area contributed by atoms with Crippen molar-refractivity contribution >= 4 is 11.3 Å². The average Bonchev–Trinajstić information content (AvgIpc) is 2.60. The maximum atomic E-state index is 5.48. The SMILES string of the molecule is CCc1csc(OCCNC(C)C)n1. The molecule has 0 spiro atoms. The number of ether oxygens (including phenoxy) is 1. The summed E-state index contributed by atoms with van der Waals surface area (Å²) in [4.78, 5) is 4.31. The second-order valence-electron chi connectivity index (χ2n) is 3.42. The Morgan fingerprint density at radius 2 is 2.36 bits per heavy atom. The third kappa shape index (κ3) is 4.07. The van der Waals surface area contributed by atoms with E-state index in [2.05, 4.69) is 31.1 Å². The van der Waals surface area contributed by atoms with Crippen LogP contribution >= 0.6 is 11.3 Å². The van der Waals surface area contributed by atoms with Crippen molar-refractivity contribution in [3.8, 4) is 5.19 Å². The van der Waals surface area contributed by atoms with Crippen molar-refractivity contribution < 1.29 is 4.74 Å². The van der Waals surface area contributed by atoms with E-state index in [4.69, 9.17) is 4.74 Å². The van der Waals surface area contributed by atoms with Crippen LogP contribution in [0.3, 0.4) is 0 Å². The molecule has 0 bridgehead atoms. The van der Waals surface area contributed by atoms with Gasteiger partial charge in [-0.25, -0.2) is 4.98 Å². The number of aryl methyl sites for hydroxylation is 1. The summed E-state index contributed by atoms with van der Waals surface area (Å²) in [7, 11) is 0. The van der Waals surface area contributed by atoms with E-state index in [0.29, 0.717) is 12.6 Å². The molecule has 1 heterocycles. The fourth-order valence-corrected chi connectivity index (χ4v) is 1.78. The van der Waals surface area contributed by atoms with Gasteiger partial charge in [0.05, 0.1) is 5.69 Å². The van der Waals surface area contributed by atoms with Crippen LogP contribution in [0.15, 0.2) is 5.38 Å². The Kier molecular flexibility index (Phi) is 4.90. The monoisotopic (exact) mass is 214 g/mol. The van der Waals surface area contributed by atoms with E-state index in [1.165, 1.54) is 0 Å². The van der Waals surface area contributed by atoms with Crippen LogP contribution in [-0.4, -0.2) is 24.2 Å². The first-order valence-electron chi connectivity index (χ1n) is 5.03. The number of thiazole rings is 1. The Morgan fingerprint density at radius 1 is 1.57 bits per heavy atom. The first-order valence-corrected chi connectivity index (χ1v) is 5.91. The number of rotatable bonds is 6. The fourth-order valence-electron chi connectivity index (χ4n) is 1.00. The van der Waals surface area contributed by atoms with Gasteiger partial charge in [0.2, 0.25) is 0 Å². The van der Waals surface area contributed by atoms with Gasteiger partial charge in [-0.05, 0) is 6.42 Å². The zero-order valence-electron chi connectivity index (χ0n) is 9.04. The van der Waals surface area contributed by atoms with Crippen LogP contribution in [0.25, 0.3) is 0 Å². The Labute approximate surface area is 89.5 Å². The molecule has 0 aliphatic carbocycles. The largest absolute Gasteiger partial charge is 0.469 e. The summed E-state index contributed by atoms with van der Waals surface area (Å²) in [6.07, 6.45) is 0.976. The molecule has 1 rings (SSSR count). The number of hydrogen-bond donors (Lipinski definition) is 1. The number of hydrogen-bond acceptors (Lipinski definition) is 4. The minimum absolute atomic E-state index is 0.515. The first-order chi connectivity index (χ1) is 6.72. The van der Waals surface area contributed by atoms with E-state index in [9.17, 15) is 0 Å². The van der Waals surface area contributed by atoms with Gasteiger partial charge in [-0.3, -0.25) is 0 Å². The third-order valence-electron chi connectivity index (χ3n) is 1.77. The molecule has 0 aliphatic rings. The maximum absolute atomic E-state index is 5.48. The van der Waals surface area contributed by atoms with Crippen molar-refractivity contribution in [3.05, 3.63) is 11.1 Å². The molecule has 0 unspecified atom stereocenters. The molecule has 80 valence electrons. The van der Waals surface area contributed by atoms with Crippen LogP contribution in [0.4, 0.5) is 0 Å². The summed E-state index contributed by atoms with van der Waals surface area (Å²) in [5, 5.41) is 6.12. The lowest BCUT2D eigenvalue weighted by atomic mass is 10.4. The highest BCUT2D eigenvalue weighted by molar-refractivity contribution is 7.11. The number of aromatic nitrogens is 1. The van der Waals surface area contributed by atoms with E-state index >= 15 is 0 Å². The van der Waals surface area contributed by atoms with E-state index in [1.54, 1.807) is 11.3 Å². The Balaban J connectivity index is 2.18. The van der Waals surface area contributed by atoms with Crippen molar-refractivity contribution in [1.82, 2.24) is 10.3 Å². The normalized spacial score (nSPS) is 10.9. The molecule has 3 nitrogen and oxygen atoms in total. The molecule has 0 aromatic carbocycles. The topological polar surface area (TPSA) is 34.1 Å². The van der Waals surface area contributed by atoms with E-state index in [1.807, 2.05) is 5.38 Å². The highest BCUT2D eigenvalue weighted by Crippen LogP contribution is 2.17. The van der Waals surface area contributed by atoms with Crippen LogP contribution in [0, 0.1) is 0 Å². The van der Waals surface area contributed by atoms with Crippen LogP contribution in [0.2, 0.25) is 0 Å². The Morgan fingerprint density at radius 3 is 2.93 bits per heavy atom. The summed E-state index contributed by atoms with van der Waals surface area (Å²) in [5.74, 6) is 0. The molecule has 0 atom stereocenters. The van der Waals surface area contributed by atoms with E-state index < -0.39 is 0 Å². The van der Waals surface area contributed by atoms with Crippen LogP contribution in [0.1, 0.15) is 26.5 Å². The maximum Gasteiger partial charge on any atom is 0.273 e. The zero-order chi connectivity index (χ0) is 10.4. The second-order valence-corrected chi connectivity index (χ2v) is 4.24. The first kappa shape index (κ1) is 11.5. The summed E-state index contributed by atoms with van der Waals surface area (Å²) in [6.45, 7) is 7.91. The molecular formula is C10H18N2OS. The highest BCUT2D eigenvalue weighted by atomic mass is 32.1. The summed E-state index contributed by atoms with van der Waals surface area (Å²) in [5.41, 5.74) is 1.11. The van der Waals surface area contributed by atoms with Crippen molar-refractivity contribution in [2.24, 2.45) is 0 Å². The van der Waals surface area contributed by atoms with Gasteiger partial charge in [-0.15, -0.1) is 0 Å². The fraction of sp³-hybridized carbons (Fsp3) is 0.700. The molecule has 0 fully saturated rings. The summed E-state index contributed by atoms with van der Waals surface area (Å²) in [6, 6.07) is 0.515. The smallest absolute Gasteiger partial charge is 0.273 e. The molecule has 0 saturated carbocycles. The standard InChI is InChI=1S/C10H18N2OS/c1-4-9-7-14-10(12-9)13-6-5-11-8(2)3/h7-8,11H,4-6H2,1-3H3. The van der Waals surface area contributed by atoms with Crippen molar-refractivity contribution in [1.29, 1.82) is 0 Å². The lowest BCUT2D eigenvalue weighted by Crippen LogP contribution is -2.27. The predicted octanol–water partition coefficient (Wildman–Crippen LogP) is 2.08. The Hall–Kier alpha value is -0.610. The van der Waals surface area contributed by atoms with E-state index in [0.717, 1.165) is 23.9 Å². The molecule has 4 heteroatoms. The lowest BCUT2D eigenvalue weighted by molar-refractivity contribution is 0.307. The van der Waals surface area contributed by atoms with E-state index in [-0.39, 0.29) is 0 Å². The van der Waals surface area contributed by atoms with Gasteiger partial charge in [0.15, 0.2) is 0 Å². The molecule has 1 aromatic heterocycles. The third-order valence-corrected chi connectivity index (χ3v) is 2.57. The van der Waals surface area contributed by atoms with Gasteiger partial charge in [0.25, 0.3) is 5.19 Å². The van der Waals surface area contributed by atoms with Gasteiger partial charge in [-0.2, -0.15) is 0 Å². The van der Waals surface area contributed by atoms with Gasteiger partial charge in [0.1, 0.15) is 6.61 Å². The molecule has 1 N–H and O–H groups in total. The van der Waals surface area contributed by atoms with Gasteiger partial charge in [-0.1, -0.05) is 32.1 Å². The van der Waals surface area contributed by atoms with Crippen LogP contribution in [0.5, 0.6) is 5.19 Å². The summed E-state index contributed by atoms with van der Waals surface area (Å²) < 4.78 is 5.48.